The molecule has 2 aromatic carbocycles. The molecule has 0 aliphatic carbocycles. The van der Waals surface area contributed by atoms with Crippen LogP contribution in [0.15, 0.2) is 57.9 Å². The minimum absolute atomic E-state index is 0.176. The van der Waals surface area contributed by atoms with E-state index in [1.807, 2.05) is 12.1 Å². The van der Waals surface area contributed by atoms with E-state index in [0.29, 0.717) is 47.6 Å². The van der Waals surface area contributed by atoms with E-state index in [0.717, 1.165) is 12.0 Å². The molecule has 1 saturated heterocycles. The van der Waals surface area contributed by atoms with E-state index < -0.39 is 10.0 Å². The zero-order valence-corrected chi connectivity index (χ0v) is 17.8. The number of benzene rings is 2. The molecular weight excluding hydrogens is 405 g/mol. The average Bonchev–Trinajstić information content (AvgIpc) is 3.25. The lowest BCUT2D eigenvalue weighted by atomic mass is 10.00. The first-order valence-corrected chi connectivity index (χ1v) is 11.5. The van der Waals surface area contributed by atoms with Crippen LogP contribution in [0.2, 0.25) is 0 Å². The topological polar surface area (TPSA) is 76.3 Å². The Morgan fingerprint density at radius 3 is 2.47 bits per heavy atom. The highest BCUT2D eigenvalue weighted by Crippen LogP contribution is 2.31. The van der Waals surface area contributed by atoms with E-state index >= 15 is 0 Å². The maximum atomic E-state index is 13.1. The van der Waals surface area contributed by atoms with E-state index in [4.69, 9.17) is 4.52 Å². The maximum absolute atomic E-state index is 13.1. The van der Waals surface area contributed by atoms with Crippen LogP contribution in [0.1, 0.15) is 50.0 Å². The molecule has 1 aliphatic heterocycles. The molecule has 0 saturated carbocycles. The molecule has 2 heterocycles. The highest BCUT2D eigenvalue weighted by atomic mass is 32.2. The van der Waals surface area contributed by atoms with Gasteiger partial charge in [0.25, 0.3) is 0 Å². The van der Waals surface area contributed by atoms with Crippen molar-refractivity contribution in [3.63, 3.8) is 0 Å². The van der Waals surface area contributed by atoms with Crippen molar-refractivity contribution in [3.8, 4) is 11.4 Å². The highest BCUT2D eigenvalue weighted by molar-refractivity contribution is 7.89. The molecule has 1 atom stereocenters. The minimum atomic E-state index is -3.59. The Kier molecular flexibility index (Phi) is 5.71. The summed E-state index contributed by atoms with van der Waals surface area (Å²) in [5, 5.41) is 3.99. The number of halogens is 1. The van der Waals surface area contributed by atoms with E-state index in [-0.39, 0.29) is 11.7 Å². The zero-order chi connectivity index (χ0) is 21.3. The summed E-state index contributed by atoms with van der Waals surface area (Å²) in [4.78, 5) is 4.73. The Bertz CT molecular complexity index is 1110. The summed E-state index contributed by atoms with van der Waals surface area (Å²) in [5.41, 5.74) is 1.75. The molecule has 4 rings (SSSR count). The van der Waals surface area contributed by atoms with Gasteiger partial charge < -0.3 is 4.52 Å². The number of hydrogen-bond acceptors (Lipinski definition) is 5. The molecule has 0 bridgehead atoms. The van der Waals surface area contributed by atoms with E-state index in [1.54, 1.807) is 24.3 Å². The van der Waals surface area contributed by atoms with Crippen LogP contribution in [0, 0.1) is 5.82 Å². The Morgan fingerprint density at radius 1 is 1.10 bits per heavy atom. The van der Waals surface area contributed by atoms with Gasteiger partial charge in [-0.25, -0.2) is 12.8 Å². The van der Waals surface area contributed by atoms with Crippen molar-refractivity contribution in [1.29, 1.82) is 0 Å². The molecule has 6 nitrogen and oxygen atoms in total. The monoisotopic (exact) mass is 429 g/mol. The Balaban J connectivity index is 1.52. The number of rotatable bonds is 5. The van der Waals surface area contributed by atoms with Gasteiger partial charge in [0.2, 0.25) is 21.7 Å². The van der Waals surface area contributed by atoms with Crippen molar-refractivity contribution in [1.82, 2.24) is 14.4 Å². The normalized spacial score (nSPS) is 18.1. The predicted molar refractivity (Wildman–Crippen MR) is 111 cm³/mol. The number of piperidine rings is 1. The lowest BCUT2D eigenvalue weighted by Crippen LogP contribution is -2.39. The molecule has 1 aliphatic rings. The van der Waals surface area contributed by atoms with Gasteiger partial charge in [0.1, 0.15) is 5.82 Å². The summed E-state index contributed by atoms with van der Waals surface area (Å²) in [7, 11) is -3.59. The second-order valence-electron chi connectivity index (χ2n) is 7.89. The number of sulfonamides is 1. The van der Waals surface area contributed by atoms with Crippen molar-refractivity contribution in [2.45, 2.75) is 43.4 Å². The molecule has 0 amide bonds. The van der Waals surface area contributed by atoms with Crippen LogP contribution >= 0.6 is 0 Å². The summed E-state index contributed by atoms with van der Waals surface area (Å²) in [6.07, 6.45) is 1.48. The fourth-order valence-corrected chi connectivity index (χ4v) is 5.18. The number of hydrogen-bond donors (Lipinski definition) is 0. The molecule has 8 heteroatoms. The van der Waals surface area contributed by atoms with Crippen LogP contribution in [-0.4, -0.2) is 36.0 Å². The minimum Gasteiger partial charge on any atom is -0.339 e. The quantitative estimate of drug-likeness (QED) is 0.594. The van der Waals surface area contributed by atoms with Crippen molar-refractivity contribution < 1.29 is 17.3 Å². The molecule has 1 aromatic heterocycles. The third-order valence-corrected chi connectivity index (χ3v) is 7.34. The van der Waals surface area contributed by atoms with Crippen LogP contribution in [0.5, 0.6) is 0 Å². The van der Waals surface area contributed by atoms with E-state index in [9.17, 15) is 12.8 Å². The van der Waals surface area contributed by atoms with Gasteiger partial charge in [-0.2, -0.15) is 9.29 Å². The van der Waals surface area contributed by atoms with E-state index in [1.165, 1.54) is 16.4 Å². The lowest BCUT2D eigenvalue weighted by molar-refractivity contribution is 0.265. The molecular formula is C22H24FN3O3S. The van der Waals surface area contributed by atoms with Gasteiger partial charge in [0, 0.05) is 18.7 Å². The van der Waals surface area contributed by atoms with Crippen molar-refractivity contribution in [3.05, 3.63) is 65.8 Å². The summed E-state index contributed by atoms with van der Waals surface area (Å²) in [5.74, 6) is 0.606. The Morgan fingerprint density at radius 2 is 1.80 bits per heavy atom. The van der Waals surface area contributed by atoms with Gasteiger partial charge in [0.05, 0.1) is 10.8 Å². The van der Waals surface area contributed by atoms with Gasteiger partial charge in [-0.1, -0.05) is 31.1 Å². The second kappa shape index (κ2) is 8.28. The first-order chi connectivity index (χ1) is 14.3. The molecule has 3 aromatic rings. The lowest BCUT2D eigenvalue weighted by Gasteiger charge is -2.30. The van der Waals surface area contributed by atoms with Crippen LogP contribution in [0.25, 0.3) is 11.4 Å². The third-order valence-electron chi connectivity index (χ3n) is 5.46. The number of aromatic nitrogens is 2. The van der Waals surface area contributed by atoms with E-state index in [2.05, 4.69) is 24.0 Å². The Hall–Kier alpha value is -2.58. The number of nitrogens with zero attached hydrogens (tertiary/aromatic N) is 3. The highest BCUT2D eigenvalue weighted by Gasteiger charge is 2.33. The van der Waals surface area contributed by atoms with Crippen molar-refractivity contribution >= 4 is 10.0 Å². The molecule has 158 valence electrons. The van der Waals surface area contributed by atoms with Gasteiger partial charge >= 0.3 is 0 Å². The first kappa shape index (κ1) is 20.7. The summed E-state index contributed by atoms with van der Waals surface area (Å²) < 4.78 is 46.3. The van der Waals surface area contributed by atoms with Crippen LogP contribution in [0.3, 0.4) is 0 Å². The van der Waals surface area contributed by atoms with Gasteiger partial charge in [-0.3, -0.25) is 0 Å². The molecule has 0 unspecified atom stereocenters. The summed E-state index contributed by atoms with van der Waals surface area (Å²) in [6, 6.07) is 12.9. The van der Waals surface area contributed by atoms with Crippen LogP contribution < -0.4 is 0 Å². The van der Waals surface area contributed by atoms with Crippen molar-refractivity contribution in [2.24, 2.45) is 0 Å². The van der Waals surface area contributed by atoms with Crippen LogP contribution in [0.4, 0.5) is 4.39 Å². The standard InChI is InChI=1S/C22H24FN3O3S/c1-15(2)16-7-11-20(12-8-16)30(27,28)26-13-3-4-18(14-26)22-24-21(25-29-22)17-5-9-19(23)10-6-17/h5-12,15,18H,3-4,13-14H2,1-2H3/t18-/m1/s1. The summed E-state index contributed by atoms with van der Waals surface area (Å²) in [6.45, 7) is 4.90. The fourth-order valence-electron chi connectivity index (χ4n) is 3.65. The zero-order valence-electron chi connectivity index (χ0n) is 17.0. The summed E-state index contributed by atoms with van der Waals surface area (Å²) >= 11 is 0. The average molecular weight is 430 g/mol. The second-order valence-corrected chi connectivity index (χ2v) is 9.83. The van der Waals surface area contributed by atoms with Crippen molar-refractivity contribution in [2.75, 3.05) is 13.1 Å². The maximum Gasteiger partial charge on any atom is 0.243 e. The van der Waals surface area contributed by atoms with Gasteiger partial charge in [-0.15, -0.1) is 0 Å². The molecule has 30 heavy (non-hydrogen) atoms. The molecule has 0 radical (unpaired) electrons. The van der Waals surface area contributed by atoms with Gasteiger partial charge in [0.15, 0.2) is 0 Å². The van der Waals surface area contributed by atoms with Crippen LogP contribution in [-0.2, 0) is 10.0 Å². The first-order valence-electron chi connectivity index (χ1n) is 10.0. The fraction of sp³-hybridized carbons (Fsp3) is 0.364. The largest absolute Gasteiger partial charge is 0.339 e. The molecule has 0 spiro atoms. The Labute approximate surface area is 175 Å². The molecule has 0 N–H and O–H groups in total. The SMILES string of the molecule is CC(C)c1ccc(S(=O)(=O)N2CCC[C@@H](c3nc(-c4ccc(F)cc4)no3)C2)cc1. The predicted octanol–water partition coefficient (Wildman–Crippen LogP) is 4.57. The molecule has 1 fully saturated rings. The smallest absolute Gasteiger partial charge is 0.243 e. The third kappa shape index (κ3) is 4.15. The van der Waals surface area contributed by atoms with Gasteiger partial charge in [-0.05, 0) is 60.7 Å².